The smallest absolute Gasteiger partial charge is 0.00735 e. The van der Waals surface area contributed by atoms with Gasteiger partial charge in [-0.05, 0) is 50.5 Å². The van der Waals surface area contributed by atoms with E-state index in [1.54, 1.807) is 16.7 Å². The van der Waals surface area contributed by atoms with E-state index in [1.807, 2.05) is 13.8 Å². The van der Waals surface area contributed by atoms with Crippen LogP contribution in [0, 0.1) is 0 Å². The van der Waals surface area contributed by atoms with E-state index in [2.05, 4.69) is 26.8 Å². The molecule has 1 atom stereocenters. The third kappa shape index (κ3) is 6.96. The summed E-state index contributed by atoms with van der Waals surface area (Å²) in [7, 11) is 0. The lowest BCUT2D eigenvalue weighted by molar-refractivity contribution is 0.619. The van der Waals surface area contributed by atoms with Gasteiger partial charge in [-0.2, -0.15) is 0 Å². The molecule has 0 saturated carbocycles. The second-order valence-electron chi connectivity index (χ2n) is 5.26. The topological polar surface area (TPSA) is 26.0 Å². The van der Waals surface area contributed by atoms with Gasteiger partial charge in [0.1, 0.15) is 0 Å². The van der Waals surface area contributed by atoms with Crippen LogP contribution in [0.15, 0.2) is 22.8 Å². The molecule has 1 rings (SSSR count). The van der Waals surface area contributed by atoms with E-state index < -0.39 is 0 Å². The molecule has 1 heteroatoms. The Kier molecular flexibility index (Phi) is 10.9. The standard InChI is InChI=1S/C16H29N.C2H6/c1-4-7-8-15-11-13(12-16(17)6-3)9-10-14(15)5-2;1-2/h11,16H,4-10,12,17H2,1-3H3;1-2H3. The number of unbranched alkanes of at least 4 members (excludes halogenated alkanes) is 1. The predicted octanol–water partition coefficient (Wildman–Crippen LogP) is 5.76. The van der Waals surface area contributed by atoms with Crippen molar-refractivity contribution < 1.29 is 0 Å². The van der Waals surface area contributed by atoms with Crippen LogP contribution in [0.4, 0.5) is 0 Å². The van der Waals surface area contributed by atoms with Crippen LogP contribution in [0.2, 0.25) is 0 Å². The number of nitrogens with two attached hydrogens (primary N) is 1. The van der Waals surface area contributed by atoms with Crippen LogP contribution in [-0.2, 0) is 0 Å². The Bertz CT molecular complexity index is 286. The molecule has 0 saturated heterocycles. The monoisotopic (exact) mass is 265 g/mol. The van der Waals surface area contributed by atoms with Gasteiger partial charge in [0.2, 0.25) is 0 Å². The molecule has 0 aliphatic heterocycles. The fourth-order valence-electron chi connectivity index (χ4n) is 2.55. The van der Waals surface area contributed by atoms with Crippen molar-refractivity contribution in [2.75, 3.05) is 0 Å². The molecule has 0 fully saturated rings. The van der Waals surface area contributed by atoms with Crippen LogP contribution in [0.3, 0.4) is 0 Å². The van der Waals surface area contributed by atoms with Gasteiger partial charge in [0.25, 0.3) is 0 Å². The van der Waals surface area contributed by atoms with Crippen molar-refractivity contribution in [2.24, 2.45) is 5.73 Å². The van der Waals surface area contributed by atoms with Gasteiger partial charge in [-0.3, -0.25) is 0 Å². The van der Waals surface area contributed by atoms with E-state index in [4.69, 9.17) is 5.73 Å². The maximum absolute atomic E-state index is 6.06. The molecule has 112 valence electrons. The summed E-state index contributed by atoms with van der Waals surface area (Å²) in [5, 5.41) is 0. The molecule has 0 aromatic carbocycles. The lowest BCUT2D eigenvalue weighted by atomic mass is 9.86. The van der Waals surface area contributed by atoms with Crippen molar-refractivity contribution in [2.45, 2.75) is 92.0 Å². The van der Waals surface area contributed by atoms with E-state index in [0.29, 0.717) is 6.04 Å². The van der Waals surface area contributed by atoms with Gasteiger partial charge in [0, 0.05) is 6.04 Å². The predicted molar refractivity (Wildman–Crippen MR) is 88.4 cm³/mol. The Morgan fingerprint density at radius 1 is 1.16 bits per heavy atom. The minimum absolute atomic E-state index is 0.358. The molecule has 1 nitrogen and oxygen atoms in total. The molecule has 1 aliphatic carbocycles. The summed E-state index contributed by atoms with van der Waals surface area (Å²) in [5.41, 5.74) is 11.0. The second kappa shape index (κ2) is 11.3. The third-order valence-electron chi connectivity index (χ3n) is 3.86. The minimum atomic E-state index is 0.358. The number of hydrogen-bond acceptors (Lipinski definition) is 1. The lowest BCUT2D eigenvalue weighted by Gasteiger charge is -2.21. The van der Waals surface area contributed by atoms with Crippen molar-refractivity contribution in [1.29, 1.82) is 0 Å². The van der Waals surface area contributed by atoms with Gasteiger partial charge in [-0.1, -0.05) is 58.3 Å². The minimum Gasteiger partial charge on any atom is -0.327 e. The fourth-order valence-corrected chi connectivity index (χ4v) is 2.55. The van der Waals surface area contributed by atoms with Gasteiger partial charge >= 0.3 is 0 Å². The maximum atomic E-state index is 6.06. The van der Waals surface area contributed by atoms with Gasteiger partial charge in [0.15, 0.2) is 0 Å². The van der Waals surface area contributed by atoms with E-state index in [-0.39, 0.29) is 0 Å². The molecule has 1 aliphatic rings. The van der Waals surface area contributed by atoms with Crippen LogP contribution in [0.5, 0.6) is 0 Å². The van der Waals surface area contributed by atoms with Crippen LogP contribution in [-0.4, -0.2) is 6.04 Å². The van der Waals surface area contributed by atoms with Crippen molar-refractivity contribution in [3.05, 3.63) is 22.8 Å². The highest BCUT2D eigenvalue weighted by molar-refractivity contribution is 5.34. The van der Waals surface area contributed by atoms with Crippen molar-refractivity contribution in [3.8, 4) is 0 Å². The fraction of sp³-hybridized carbons (Fsp3) is 0.778. The van der Waals surface area contributed by atoms with Crippen molar-refractivity contribution >= 4 is 0 Å². The molecule has 0 spiro atoms. The first-order valence-electron chi connectivity index (χ1n) is 8.37. The van der Waals surface area contributed by atoms with Crippen LogP contribution >= 0.6 is 0 Å². The van der Waals surface area contributed by atoms with Crippen LogP contribution < -0.4 is 5.73 Å². The highest BCUT2D eigenvalue weighted by Crippen LogP contribution is 2.31. The van der Waals surface area contributed by atoms with Crippen LogP contribution in [0.1, 0.15) is 86.0 Å². The molecule has 2 N–H and O–H groups in total. The highest BCUT2D eigenvalue weighted by Gasteiger charge is 2.13. The zero-order valence-electron chi connectivity index (χ0n) is 13.9. The SMILES string of the molecule is CC.CCCCC1=C(CC)CCC(CC(N)CC)=C1. The molecule has 0 heterocycles. The first-order chi connectivity index (χ1) is 9.21. The summed E-state index contributed by atoms with van der Waals surface area (Å²) in [6, 6.07) is 0.358. The third-order valence-corrected chi connectivity index (χ3v) is 3.86. The number of allylic oxidation sites excluding steroid dienone is 3. The number of hydrogen-bond donors (Lipinski definition) is 1. The molecular weight excluding hydrogens is 230 g/mol. The van der Waals surface area contributed by atoms with Gasteiger partial charge in [-0.15, -0.1) is 0 Å². The molecule has 0 bridgehead atoms. The van der Waals surface area contributed by atoms with Gasteiger partial charge in [0.05, 0.1) is 0 Å². The Morgan fingerprint density at radius 3 is 2.37 bits per heavy atom. The first kappa shape index (κ1) is 18.4. The zero-order chi connectivity index (χ0) is 14.7. The Morgan fingerprint density at radius 2 is 1.84 bits per heavy atom. The molecule has 19 heavy (non-hydrogen) atoms. The molecule has 0 aromatic rings. The first-order valence-corrected chi connectivity index (χ1v) is 8.37. The summed E-state index contributed by atoms with van der Waals surface area (Å²) >= 11 is 0. The van der Waals surface area contributed by atoms with Crippen LogP contribution in [0.25, 0.3) is 0 Å². The van der Waals surface area contributed by atoms with Crippen molar-refractivity contribution in [3.63, 3.8) is 0 Å². The largest absolute Gasteiger partial charge is 0.327 e. The van der Waals surface area contributed by atoms with Gasteiger partial charge in [-0.25, -0.2) is 0 Å². The normalized spacial score (nSPS) is 16.6. The number of rotatable bonds is 7. The Labute approximate surface area is 121 Å². The highest BCUT2D eigenvalue weighted by atomic mass is 14.6. The van der Waals surface area contributed by atoms with E-state index in [0.717, 1.165) is 12.8 Å². The Balaban J connectivity index is 0.00000154. The van der Waals surface area contributed by atoms with Gasteiger partial charge < -0.3 is 5.73 Å². The van der Waals surface area contributed by atoms with E-state index in [1.165, 1.54) is 38.5 Å². The summed E-state index contributed by atoms with van der Waals surface area (Å²) < 4.78 is 0. The molecule has 1 unspecified atom stereocenters. The summed E-state index contributed by atoms with van der Waals surface area (Å²) in [6.07, 6.45) is 12.3. The summed E-state index contributed by atoms with van der Waals surface area (Å²) in [6.45, 7) is 10.7. The zero-order valence-corrected chi connectivity index (χ0v) is 13.9. The second-order valence-corrected chi connectivity index (χ2v) is 5.26. The van der Waals surface area contributed by atoms with E-state index in [9.17, 15) is 0 Å². The summed E-state index contributed by atoms with van der Waals surface area (Å²) in [4.78, 5) is 0. The average molecular weight is 265 g/mol. The molecule has 0 radical (unpaired) electrons. The molecular formula is C18H35N. The van der Waals surface area contributed by atoms with E-state index >= 15 is 0 Å². The molecule has 0 amide bonds. The summed E-state index contributed by atoms with van der Waals surface area (Å²) in [5.74, 6) is 0. The molecule has 0 aromatic heterocycles. The lowest BCUT2D eigenvalue weighted by Crippen LogP contribution is -2.19. The van der Waals surface area contributed by atoms with Crippen molar-refractivity contribution in [1.82, 2.24) is 0 Å². The average Bonchev–Trinajstić information content (AvgIpc) is 2.47. The maximum Gasteiger partial charge on any atom is 0.00735 e. The quantitative estimate of drug-likeness (QED) is 0.622. The Hall–Kier alpha value is -0.560.